The lowest BCUT2D eigenvalue weighted by molar-refractivity contribution is 0.0899. The molecule has 1 unspecified atom stereocenters. The number of amides is 1. The number of carbonyl (C=O) groups excluding carboxylic acids is 1. The van der Waals surface area contributed by atoms with E-state index in [0.717, 1.165) is 18.2 Å². The van der Waals surface area contributed by atoms with Crippen molar-refractivity contribution in [2.45, 2.75) is 32.2 Å². The first kappa shape index (κ1) is 14.0. The summed E-state index contributed by atoms with van der Waals surface area (Å²) in [5.74, 6) is -0.363. The van der Waals surface area contributed by atoms with Gasteiger partial charge in [0.05, 0.1) is 11.8 Å². The Hall–Kier alpha value is -1.10. The average Bonchev–Trinajstić information content (AvgIpc) is 2.29. The molecule has 1 atom stereocenters. The number of nitrogens with zero attached hydrogens (tertiary/aromatic N) is 1. The molecule has 0 aliphatic rings. The molecule has 1 amide bonds. The number of pyridine rings is 1. The molecule has 5 heteroatoms. The number of halogens is 1. The van der Waals surface area contributed by atoms with Crippen molar-refractivity contribution >= 4 is 21.8 Å². The highest BCUT2D eigenvalue weighted by molar-refractivity contribution is 9.09. The first-order chi connectivity index (χ1) is 8.02. The Morgan fingerprint density at radius 1 is 1.65 bits per heavy atom. The fourth-order valence-electron chi connectivity index (χ4n) is 1.46. The summed E-state index contributed by atoms with van der Waals surface area (Å²) in [4.78, 5) is 15.7. The summed E-state index contributed by atoms with van der Waals surface area (Å²) in [5, 5.41) is 13.3. The first-order valence-corrected chi connectivity index (χ1v) is 6.66. The molecule has 0 aromatic carbocycles. The molecule has 0 bridgehead atoms. The smallest absolute Gasteiger partial charge is 0.255 e. The maximum absolute atomic E-state index is 12.0. The topological polar surface area (TPSA) is 62.2 Å². The second kappa shape index (κ2) is 6.00. The fourth-order valence-corrected chi connectivity index (χ4v) is 2.33. The number of carbonyl (C=O) groups is 1. The lowest BCUT2D eigenvalue weighted by atomic mass is 9.95. The molecule has 0 saturated heterocycles. The summed E-state index contributed by atoms with van der Waals surface area (Å²) in [6.45, 7) is 4.01. The summed E-state index contributed by atoms with van der Waals surface area (Å²) in [7, 11) is 0. The maximum Gasteiger partial charge on any atom is 0.255 e. The van der Waals surface area contributed by atoms with Gasteiger partial charge >= 0.3 is 0 Å². The van der Waals surface area contributed by atoms with Crippen LogP contribution in [0.3, 0.4) is 0 Å². The van der Waals surface area contributed by atoms with E-state index in [1.165, 1.54) is 18.5 Å². The highest BCUT2D eigenvalue weighted by atomic mass is 79.9. The zero-order valence-corrected chi connectivity index (χ0v) is 11.6. The lowest BCUT2D eigenvalue weighted by Gasteiger charge is -2.29. The zero-order chi connectivity index (χ0) is 12.9. The number of rotatable bonds is 5. The van der Waals surface area contributed by atoms with Crippen LogP contribution in [0, 0.1) is 0 Å². The van der Waals surface area contributed by atoms with Crippen LogP contribution >= 0.6 is 15.9 Å². The number of alkyl halides is 1. The summed E-state index contributed by atoms with van der Waals surface area (Å²) in [6, 6.07) is 1.51. The standard InChI is InChI=1S/C12H17BrN2O2/c1-3-12(2,5-6-13)15-11(17)9-4-7-14-8-10(9)16/h4,7-8,16H,3,5-6H2,1-2H3,(H,15,17). The van der Waals surface area contributed by atoms with Crippen LogP contribution < -0.4 is 5.32 Å². The Balaban J connectivity index is 2.82. The quantitative estimate of drug-likeness (QED) is 0.821. The Labute approximate surface area is 110 Å². The van der Waals surface area contributed by atoms with Gasteiger partial charge in [0.1, 0.15) is 5.75 Å². The summed E-state index contributed by atoms with van der Waals surface area (Å²) in [6.07, 6.45) is 4.42. The normalized spacial score (nSPS) is 14.1. The van der Waals surface area contributed by atoms with Gasteiger partial charge in [-0.15, -0.1) is 0 Å². The monoisotopic (exact) mass is 300 g/mol. The van der Waals surface area contributed by atoms with Crippen molar-refractivity contribution < 1.29 is 9.90 Å². The molecule has 2 N–H and O–H groups in total. The third kappa shape index (κ3) is 3.70. The van der Waals surface area contributed by atoms with Crippen LogP contribution in [0.1, 0.15) is 37.0 Å². The molecule has 0 radical (unpaired) electrons. The van der Waals surface area contributed by atoms with Crippen LogP contribution in [0.5, 0.6) is 5.75 Å². The highest BCUT2D eigenvalue weighted by Crippen LogP contribution is 2.19. The number of hydrogen-bond donors (Lipinski definition) is 2. The van der Waals surface area contributed by atoms with Crippen LogP contribution in [-0.4, -0.2) is 26.9 Å². The van der Waals surface area contributed by atoms with Gasteiger partial charge in [-0.2, -0.15) is 0 Å². The molecule has 0 aliphatic heterocycles. The SMILES string of the molecule is CCC(C)(CCBr)NC(=O)c1ccncc1O. The summed E-state index contributed by atoms with van der Waals surface area (Å²) in [5.41, 5.74) is -0.00900. The molecule has 1 rings (SSSR count). The molecule has 17 heavy (non-hydrogen) atoms. The number of hydrogen-bond acceptors (Lipinski definition) is 3. The molecule has 1 heterocycles. The van der Waals surface area contributed by atoms with Crippen molar-refractivity contribution in [2.75, 3.05) is 5.33 Å². The zero-order valence-electron chi connectivity index (χ0n) is 10.0. The largest absolute Gasteiger partial charge is 0.505 e. The van der Waals surface area contributed by atoms with Crippen LogP contribution in [-0.2, 0) is 0 Å². The van der Waals surface area contributed by atoms with Gasteiger partial charge < -0.3 is 10.4 Å². The van der Waals surface area contributed by atoms with Crippen molar-refractivity contribution in [2.24, 2.45) is 0 Å². The summed E-state index contributed by atoms with van der Waals surface area (Å²) < 4.78 is 0. The molecular formula is C12H17BrN2O2. The van der Waals surface area contributed by atoms with Gasteiger partial charge in [0, 0.05) is 17.1 Å². The van der Waals surface area contributed by atoms with E-state index < -0.39 is 0 Å². The second-order valence-electron chi connectivity index (χ2n) is 4.20. The van der Waals surface area contributed by atoms with Gasteiger partial charge in [-0.3, -0.25) is 9.78 Å². The minimum Gasteiger partial charge on any atom is -0.505 e. The molecule has 1 aromatic rings. The molecule has 0 aliphatic carbocycles. The third-order valence-electron chi connectivity index (χ3n) is 2.89. The van der Waals surface area contributed by atoms with E-state index in [2.05, 4.69) is 26.2 Å². The average molecular weight is 301 g/mol. The molecule has 94 valence electrons. The van der Waals surface area contributed by atoms with Gasteiger partial charge in [-0.1, -0.05) is 22.9 Å². The van der Waals surface area contributed by atoms with Gasteiger partial charge in [0.2, 0.25) is 0 Å². The summed E-state index contributed by atoms with van der Waals surface area (Å²) >= 11 is 3.38. The minimum absolute atomic E-state index is 0.0951. The van der Waals surface area contributed by atoms with Crippen molar-refractivity contribution in [1.82, 2.24) is 10.3 Å². The molecule has 0 spiro atoms. The van der Waals surface area contributed by atoms with Gasteiger partial charge in [0.25, 0.3) is 5.91 Å². The third-order valence-corrected chi connectivity index (χ3v) is 3.28. The number of aromatic hydroxyl groups is 1. The molecule has 0 fully saturated rings. The Bertz CT molecular complexity index is 398. The van der Waals surface area contributed by atoms with E-state index in [1.54, 1.807) is 0 Å². The van der Waals surface area contributed by atoms with Crippen molar-refractivity contribution in [1.29, 1.82) is 0 Å². The molecular weight excluding hydrogens is 284 g/mol. The highest BCUT2D eigenvalue weighted by Gasteiger charge is 2.25. The number of nitrogens with one attached hydrogen (secondary N) is 1. The second-order valence-corrected chi connectivity index (χ2v) is 4.99. The first-order valence-electron chi connectivity index (χ1n) is 5.54. The Morgan fingerprint density at radius 2 is 2.35 bits per heavy atom. The van der Waals surface area contributed by atoms with E-state index in [-0.39, 0.29) is 22.8 Å². The van der Waals surface area contributed by atoms with Crippen LogP contribution in [0.25, 0.3) is 0 Å². The van der Waals surface area contributed by atoms with E-state index in [0.29, 0.717) is 0 Å². The van der Waals surface area contributed by atoms with Crippen molar-refractivity contribution in [3.63, 3.8) is 0 Å². The predicted molar refractivity (Wildman–Crippen MR) is 70.5 cm³/mol. The minimum atomic E-state index is -0.268. The fraction of sp³-hybridized carbons (Fsp3) is 0.500. The van der Waals surface area contributed by atoms with Gasteiger partial charge in [-0.25, -0.2) is 0 Å². The predicted octanol–water partition coefficient (Wildman–Crippen LogP) is 2.47. The van der Waals surface area contributed by atoms with Crippen LogP contribution in [0.2, 0.25) is 0 Å². The van der Waals surface area contributed by atoms with Crippen LogP contribution in [0.4, 0.5) is 0 Å². The maximum atomic E-state index is 12.0. The number of aromatic nitrogens is 1. The molecule has 1 aromatic heterocycles. The Morgan fingerprint density at radius 3 is 2.88 bits per heavy atom. The molecule has 4 nitrogen and oxygen atoms in total. The van der Waals surface area contributed by atoms with E-state index >= 15 is 0 Å². The van der Waals surface area contributed by atoms with E-state index in [9.17, 15) is 9.90 Å². The Kier molecular flexibility index (Phi) is 4.93. The lowest BCUT2D eigenvalue weighted by Crippen LogP contribution is -2.45. The van der Waals surface area contributed by atoms with E-state index in [4.69, 9.17) is 0 Å². The molecule has 0 saturated carbocycles. The van der Waals surface area contributed by atoms with Crippen LogP contribution in [0.15, 0.2) is 18.5 Å². The van der Waals surface area contributed by atoms with Crippen molar-refractivity contribution in [3.8, 4) is 5.75 Å². The van der Waals surface area contributed by atoms with Crippen molar-refractivity contribution in [3.05, 3.63) is 24.0 Å². The van der Waals surface area contributed by atoms with Gasteiger partial charge in [0.15, 0.2) is 0 Å². The van der Waals surface area contributed by atoms with E-state index in [1.807, 2.05) is 13.8 Å². The van der Waals surface area contributed by atoms with Gasteiger partial charge in [-0.05, 0) is 25.8 Å².